The average molecular weight is 444 g/mol. The smallest absolute Gasteiger partial charge is 0.344 e. The minimum absolute atomic E-state index is 0.207. The van der Waals surface area contributed by atoms with Gasteiger partial charge in [-0.3, -0.25) is 4.79 Å². The number of anilines is 1. The highest BCUT2D eigenvalue weighted by molar-refractivity contribution is 9.10. The van der Waals surface area contributed by atoms with Crippen molar-refractivity contribution in [1.29, 1.82) is 0 Å². The lowest BCUT2D eigenvalue weighted by atomic mass is 10.1. The zero-order chi connectivity index (χ0) is 19.3. The largest absolute Gasteiger partial charge is 0.479 e. The molecule has 0 saturated carbocycles. The van der Waals surface area contributed by atoms with Crippen LogP contribution in [0.3, 0.4) is 0 Å². The van der Waals surface area contributed by atoms with Crippen molar-refractivity contribution in [3.63, 3.8) is 0 Å². The van der Waals surface area contributed by atoms with Crippen LogP contribution in [-0.2, 0) is 19.1 Å². The van der Waals surface area contributed by atoms with Crippen molar-refractivity contribution in [2.75, 3.05) is 25.1 Å². The first-order valence-corrected chi connectivity index (χ1v) is 9.48. The van der Waals surface area contributed by atoms with Gasteiger partial charge in [0.05, 0.1) is 22.4 Å². The van der Waals surface area contributed by atoms with E-state index in [-0.39, 0.29) is 31.3 Å². The summed E-state index contributed by atoms with van der Waals surface area (Å²) in [6, 6.07) is 3.43. The number of thiophene rings is 1. The van der Waals surface area contributed by atoms with Gasteiger partial charge in [-0.15, -0.1) is 11.3 Å². The van der Waals surface area contributed by atoms with Crippen LogP contribution in [0.1, 0.15) is 31.1 Å². The van der Waals surface area contributed by atoms with Crippen LogP contribution in [0.5, 0.6) is 5.75 Å². The van der Waals surface area contributed by atoms with Gasteiger partial charge in [0.15, 0.2) is 12.4 Å². The zero-order valence-electron chi connectivity index (χ0n) is 14.5. The van der Waals surface area contributed by atoms with E-state index in [0.717, 1.165) is 0 Å². The summed E-state index contributed by atoms with van der Waals surface area (Å²) in [5, 5.41) is 3.58. The van der Waals surface area contributed by atoms with E-state index in [1.165, 1.54) is 18.3 Å². The van der Waals surface area contributed by atoms with E-state index < -0.39 is 11.9 Å². The first-order chi connectivity index (χ1) is 12.4. The van der Waals surface area contributed by atoms with Crippen LogP contribution < -0.4 is 10.1 Å². The second-order valence-electron chi connectivity index (χ2n) is 5.05. The predicted molar refractivity (Wildman–Crippen MR) is 102 cm³/mol. The SMILES string of the molecule is CCOC(=O)COc1c(Br)ccc2c(C(=O)OCC)c(NC(C)=O)sc12. The molecule has 0 aliphatic carbocycles. The van der Waals surface area contributed by atoms with E-state index in [4.69, 9.17) is 14.2 Å². The fraction of sp³-hybridized carbons (Fsp3) is 0.353. The molecule has 0 radical (unpaired) electrons. The first kappa shape index (κ1) is 20.2. The van der Waals surface area contributed by atoms with Crippen LogP contribution in [0, 0.1) is 0 Å². The number of hydrogen-bond acceptors (Lipinski definition) is 7. The van der Waals surface area contributed by atoms with E-state index in [1.807, 2.05) is 0 Å². The number of ether oxygens (including phenoxy) is 3. The molecule has 0 atom stereocenters. The topological polar surface area (TPSA) is 90.9 Å². The van der Waals surface area contributed by atoms with E-state index in [0.29, 0.717) is 25.3 Å². The van der Waals surface area contributed by atoms with Gasteiger partial charge in [-0.05, 0) is 35.8 Å². The van der Waals surface area contributed by atoms with Crippen molar-refractivity contribution in [2.24, 2.45) is 0 Å². The van der Waals surface area contributed by atoms with E-state index in [9.17, 15) is 14.4 Å². The van der Waals surface area contributed by atoms with Gasteiger partial charge in [0.25, 0.3) is 0 Å². The second-order valence-corrected chi connectivity index (χ2v) is 6.93. The number of fused-ring (bicyclic) bond motifs is 1. The summed E-state index contributed by atoms with van der Waals surface area (Å²) in [7, 11) is 0. The lowest BCUT2D eigenvalue weighted by molar-refractivity contribution is -0.145. The number of carbonyl (C=O) groups excluding carboxylic acids is 3. The Morgan fingerprint density at radius 3 is 2.46 bits per heavy atom. The van der Waals surface area contributed by atoms with Crippen molar-refractivity contribution in [3.05, 3.63) is 22.2 Å². The summed E-state index contributed by atoms with van der Waals surface area (Å²) < 4.78 is 16.8. The molecule has 2 aromatic rings. The highest BCUT2D eigenvalue weighted by Crippen LogP contribution is 2.44. The molecule has 0 aliphatic heterocycles. The van der Waals surface area contributed by atoms with E-state index in [2.05, 4.69) is 21.2 Å². The second kappa shape index (κ2) is 9.00. The van der Waals surface area contributed by atoms with Gasteiger partial charge in [-0.2, -0.15) is 0 Å². The fourth-order valence-corrected chi connectivity index (χ4v) is 4.05. The Hall–Kier alpha value is -2.13. The third-order valence-corrected chi connectivity index (χ3v) is 4.92. The van der Waals surface area contributed by atoms with Gasteiger partial charge >= 0.3 is 11.9 Å². The van der Waals surface area contributed by atoms with Crippen molar-refractivity contribution < 1.29 is 28.6 Å². The minimum Gasteiger partial charge on any atom is -0.479 e. The average Bonchev–Trinajstić information content (AvgIpc) is 2.91. The fourth-order valence-electron chi connectivity index (χ4n) is 2.23. The molecule has 140 valence electrons. The van der Waals surface area contributed by atoms with E-state index >= 15 is 0 Å². The standard InChI is InChI=1S/C17H18BrNO6S/c1-4-23-12(21)8-25-14-11(18)7-6-10-13(17(22)24-5-2)16(19-9(3)20)26-15(10)14/h6-7H,4-5,8H2,1-3H3,(H,19,20). The van der Waals surface area contributed by atoms with Gasteiger partial charge in [-0.25, -0.2) is 9.59 Å². The number of esters is 2. The Labute approximate surface area is 162 Å². The molecule has 0 spiro atoms. The molecule has 2 rings (SSSR count). The van der Waals surface area contributed by atoms with Crippen LogP contribution in [-0.4, -0.2) is 37.7 Å². The Morgan fingerprint density at radius 2 is 1.85 bits per heavy atom. The van der Waals surface area contributed by atoms with Gasteiger partial charge in [0.1, 0.15) is 10.6 Å². The van der Waals surface area contributed by atoms with Crippen LogP contribution in [0.15, 0.2) is 16.6 Å². The number of benzene rings is 1. The normalized spacial score (nSPS) is 10.5. The number of carbonyl (C=O) groups is 3. The number of halogens is 1. The molecule has 1 aromatic heterocycles. The van der Waals surface area contributed by atoms with Crippen molar-refractivity contribution in [1.82, 2.24) is 0 Å². The molecule has 0 aliphatic rings. The highest BCUT2D eigenvalue weighted by atomic mass is 79.9. The predicted octanol–water partition coefficient (Wildman–Crippen LogP) is 3.74. The van der Waals surface area contributed by atoms with Gasteiger partial charge in [0, 0.05) is 12.3 Å². The molecule has 9 heteroatoms. The molecule has 0 saturated heterocycles. The third kappa shape index (κ3) is 4.53. The van der Waals surface area contributed by atoms with Crippen LogP contribution in [0.4, 0.5) is 5.00 Å². The van der Waals surface area contributed by atoms with Crippen LogP contribution >= 0.6 is 27.3 Å². The summed E-state index contributed by atoms with van der Waals surface area (Å²) in [6.07, 6.45) is 0. The third-order valence-electron chi connectivity index (χ3n) is 3.17. The quantitative estimate of drug-likeness (QED) is 0.655. The molecule has 7 nitrogen and oxygen atoms in total. The van der Waals surface area contributed by atoms with Crippen LogP contribution in [0.25, 0.3) is 10.1 Å². The highest BCUT2D eigenvalue weighted by Gasteiger charge is 2.24. The molecular formula is C17H18BrNO6S. The summed E-state index contributed by atoms with van der Waals surface area (Å²) in [6.45, 7) is 4.96. The Kier molecular flexibility index (Phi) is 6.98. The summed E-state index contributed by atoms with van der Waals surface area (Å²) in [4.78, 5) is 35.5. The number of nitrogens with one attached hydrogen (secondary N) is 1. The molecule has 0 fully saturated rings. The maximum Gasteiger partial charge on any atom is 0.344 e. The minimum atomic E-state index is -0.541. The van der Waals surface area contributed by atoms with Gasteiger partial charge in [0.2, 0.25) is 5.91 Å². The first-order valence-electron chi connectivity index (χ1n) is 7.87. The molecule has 0 unspecified atom stereocenters. The van der Waals surface area contributed by atoms with Crippen LogP contribution in [0.2, 0.25) is 0 Å². The molecule has 1 heterocycles. The Morgan fingerprint density at radius 1 is 1.15 bits per heavy atom. The summed E-state index contributed by atoms with van der Waals surface area (Å²) >= 11 is 4.56. The number of amides is 1. The molecule has 26 heavy (non-hydrogen) atoms. The zero-order valence-corrected chi connectivity index (χ0v) is 16.9. The molecule has 1 aromatic carbocycles. The molecule has 0 bridgehead atoms. The van der Waals surface area contributed by atoms with Crippen molar-refractivity contribution in [2.45, 2.75) is 20.8 Å². The maximum atomic E-state index is 12.4. The monoisotopic (exact) mass is 443 g/mol. The molecular weight excluding hydrogens is 426 g/mol. The maximum absolute atomic E-state index is 12.4. The van der Waals surface area contributed by atoms with Crippen molar-refractivity contribution >= 4 is 60.2 Å². The Bertz CT molecular complexity index is 847. The lowest BCUT2D eigenvalue weighted by Gasteiger charge is -2.09. The number of rotatable bonds is 7. The van der Waals surface area contributed by atoms with Gasteiger partial charge < -0.3 is 19.5 Å². The van der Waals surface area contributed by atoms with Crippen molar-refractivity contribution in [3.8, 4) is 5.75 Å². The summed E-state index contributed by atoms with van der Waals surface area (Å²) in [5.41, 5.74) is 0.260. The Balaban J connectivity index is 2.53. The molecule has 1 amide bonds. The molecule has 1 N–H and O–H groups in total. The number of hydrogen-bond donors (Lipinski definition) is 1. The summed E-state index contributed by atoms with van der Waals surface area (Å²) in [5.74, 6) is -0.959. The lowest BCUT2D eigenvalue weighted by Crippen LogP contribution is -2.14. The van der Waals surface area contributed by atoms with E-state index in [1.54, 1.807) is 26.0 Å². The van der Waals surface area contributed by atoms with Gasteiger partial charge in [-0.1, -0.05) is 6.07 Å².